The van der Waals surface area contributed by atoms with Crippen LogP contribution in [-0.4, -0.2) is 0 Å². The molecule has 0 bridgehead atoms. The molecule has 0 aromatic rings. The van der Waals surface area contributed by atoms with E-state index in [1.807, 2.05) is 5.57 Å². The van der Waals surface area contributed by atoms with E-state index in [0.29, 0.717) is 27.1 Å². The van der Waals surface area contributed by atoms with Crippen LogP contribution in [0, 0.1) is 56.7 Å². The van der Waals surface area contributed by atoms with Gasteiger partial charge in [-0.05, 0) is 114 Å². The van der Waals surface area contributed by atoms with Crippen molar-refractivity contribution >= 4 is 0 Å². The zero-order valence-electron chi connectivity index (χ0n) is 23.5. The maximum absolute atomic E-state index is 2.84. The minimum atomic E-state index is 0.362. The largest absolute Gasteiger partial charge is 0.0788 e. The molecule has 0 N–H and O–H groups in total. The fraction of sp³-hybridized carbons (Fsp3) is 0.938. The minimum Gasteiger partial charge on any atom is -0.0788 e. The number of hydrogen-bond acceptors (Lipinski definition) is 0. The van der Waals surface area contributed by atoms with Gasteiger partial charge in [0, 0.05) is 0 Å². The van der Waals surface area contributed by atoms with Gasteiger partial charge < -0.3 is 0 Å². The van der Waals surface area contributed by atoms with Gasteiger partial charge in [-0.1, -0.05) is 87.3 Å². The first-order valence-electron chi connectivity index (χ1n) is 14.4. The molecule has 3 fully saturated rings. The lowest BCUT2D eigenvalue weighted by molar-refractivity contribution is -0.0964. The molecule has 3 saturated carbocycles. The fourth-order valence-corrected chi connectivity index (χ4v) is 9.69. The molecule has 0 radical (unpaired) electrons. The smallest absolute Gasteiger partial charge is 0.00845 e. The Balaban J connectivity index is 1.62. The van der Waals surface area contributed by atoms with Crippen molar-refractivity contribution in [3.05, 3.63) is 11.6 Å². The zero-order valence-corrected chi connectivity index (χ0v) is 23.5. The van der Waals surface area contributed by atoms with Gasteiger partial charge in [-0.15, -0.1) is 0 Å². The lowest BCUT2D eigenvalue weighted by Gasteiger charge is -2.63. The molecule has 0 heterocycles. The fourth-order valence-electron chi connectivity index (χ4n) is 9.69. The Morgan fingerprint density at radius 2 is 1.62 bits per heavy atom. The highest BCUT2D eigenvalue weighted by Gasteiger charge is 2.63. The third-order valence-electron chi connectivity index (χ3n) is 12.1. The third kappa shape index (κ3) is 3.96. The van der Waals surface area contributed by atoms with Gasteiger partial charge in [0.25, 0.3) is 0 Å². The van der Waals surface area contributed by atoms with Crippen LogP contribution in [0.5, 0.6) is 0 Å². The van der Waals surface area contributed by atoms with E-state index >= 15 is 0 Å². The van der Waals surface area contributed by atoms with Crippen molar-refractivity contribution < 1.29 is 0 Å². The molecule has 0 heteroatoms. The van der Waals surface area contributed by atoms with Crippen LogP contribution in [0.15, 0.2) is 11.6 Å². The van der Waals surface area contributed by atoms with Crippen molar-refractivity contribution in [2.45, 2.75) is 133 Å². The van der Waals surface area contributed by atoms with E-state index in [1.54, 1.807) is 0 Å². The van der Waals surface area contributed by atoms with Crippen molar-refractivity contribution in [2.24, 2.45) is 56.7 Å². The lowest BCUT2D eigenvalue weighted by atomic mass is 9.41. The van der Waals surface area contributed by atoms with Crippen LogP contribution in [-0.2, 0) is 0 Å². The third-order valence-corrected chi connectivity index (χ3v) is 12.1. The van der Waals surface area contributed by atoms with Gasteiger partial charge >= 0.3 is 0 Å². The van der Waals surface area contributed by atoms with Gasteiger partial charge in [-0.2, -0.15) is 0 Å². The standard InChI is InChI=1S/C32H56/c1-11-30(8)18-19-31(9)23(21-30)20-29(6,7)27-25-13-12-24(22(2)14-16-28(3,4)5)32(25,10)17-15-26(27)31/h20,22,24-27H,11-19,21H2,1-10H3/t22-,24-,25+,26+,27+,30-,31+,32-/m1/s1. The van der Waals surface area contributed by atoms with E-state index in [0.717, 1.165) is 29.6 Å². The van der Waals surface area contributed by atoms with E-state index in [-0.39, 0.29) is 0 Å². The van der Waals surface area contributed by atoms with Crippen molar-refractivity contribution in [1.29, 1.82) is 0 Å². The number of hydrogen-bond donors (Lipinski definition) is 0. The summed E-state index contributed by atoms with van der Waals surface area (Å²) in [5, 5.41) is 0. The Morgan fingerprint density at radius 3 is 2.25 bits per heavy atom. The first-order valence-corrected chi connectivity index (χ1v) is 14.4. The summed E-state index contributed by atoms with van der Waals surface area (Å²) in [6.07, 6.45) is 17.2. The quantitative estimate of drug-likeness (QED) is 0.381. The highest BCUT2D eigenvalue weighted by molar-refractivity contribution is 5.30. The van der Waals surface area contributed by atoms with E-state index in [2.05, 4.69) is 75.3 Å². The van der Waals surface area contributed by atoms with E-state index in [1.165, 1.54) is 64.2 Å². The van der Waals surface area contributed by atoms with E-state index in [9.17, 15) is 0 Å². The van der Waals surface area contributed by atoms with Gasteiger partial charge in [0.1, 0.15) is 0 Å². The predicted octanol–water partition coefficient (Wildman–Crippen LogP) is 10.1. The Morgan fingerprint density at radius 1 is 0.938 bits per heavy atom. The van der Waals surface area contributed by atoms with Crippen LogP contribution >= 0.6 is 0 Å². The Kier molecular flexibility index (Phi) is 6.12. The van der Waals surface area contributed by atoms with Gasteiger partial charge in [0.05, 0.1) is 0 Å². The normalized spacial score (nSPS) is 46.6. The van der Waals surface area contributed by atoms with E-state index in [4.69, 9.17) is 0 Å². The first-order chi connectivity index (χ1) is 14.7. The molecule has 4 aliphatic carbocycles. The number of rotatable bonds is 4. The van der Waals surface area contributed by atoms with E-state index < -0.39 is 0 Å². The maximum Gasteiger partial charge on any atom is -0.00845 e. The molecule has 4 aliphatic rings. The molecule has 0 spiro atoms. The summed E-state index contributed by atoms with van der Waals surface area (Å²) in [5.41, 5.74) is 4.28. The predicted molar refractivity (Wildman–Crippen MR) is 141 cm³/mol. The average molecular weight is 441 g/mol. The van der Waals surface area contributed by atoms with Crippen LogP contribution in [0.1, 0.15) is 133 Å². The maximum atomic E-state index is 2.84. The molecule has 0 amide bonds. The summed E-state index contributed by atoms with van der Waals surface area (Å²) in [5.74, 6) is 4.57. The second kappa shape index (κ2) is 7.88. The molecule has 8 atom stereocenters. The second-order valence-corrected chi connectivity index (χ2v) is 15.8. The highest BCUT2D eigenvalue weighted by atomic mass is 14.7. The van der Waals surface area contributed by atoms with Gasteiger partial charge in [-0.3, -0.25) is 0 Å². The zero-order chi connectivity index (χ0) is 23.7. The molecule has 0 aromatic carbocycles. The molecule has 0 aliphatic heterocycles. The monoisotopic (exact) mass is 440 g/mol. The molecule has 0 aromatic heterocycles. The molecule has 0 nitrogen and oxygen atoms in total. The Bertz CT molecular complexity index is 734. The number of allylic oxidation sites excluding steroid dienone is 2. The molecule has 4 rings (SSSR count). The molecular formula is C32H56. The summed E-state index contributed by atoms with van der Waals surface area (Å²) in [6, 6.07) is 0. The summed E-state index contributed by atoms with van der Waals surface area (Å²) < 4.78 is 0. The minimum absolute atomic E-state index is 0.362. The van der Waals surface area contributed by atoms with Crippen LogP contribution in [0.4, 0.5) is 0 Å². The lowest BCUT2D eigenvalue weighted by Crippen LogP contribution is -2.56. The molecule has 184 valence electrons. The summed E-state index contributed by atoms with van der Waals surface area (Å²) in [4.78, 5) is 0. The molecule has 0 unspecified atom stereocenters. The topological polar surface area (TPSA) is 0 Å². The Labute approximate surface area is 201 Å². The second-order valence-electron chi connectivity index (χ2n) is 15.8. The van der Waals surface area contributed by atoms with Crippen LogP contribution in [0.3, 0.4) is 0 Å². The van der Waals surface area contributed by atoms with Gasteiger partial charge in [-0.25, -0.2) is 0 Å². The SMILES string of the molecule is CC[C@]1(C)CC[C@@]2(C)C(=CC(C)(C)[C@H]3[C@@H]4CC[C@H]([C@H](C)CCC(C)(C)C)[C@@]4(C)CC[C@@H]32)C1. The van der Waals surface area contributed by atoms with Crippen molar-refractivity contribution in [3.63, 3.8) is 0 Å². The first kappa shape index (κ1) is 24.9. The summed E-state index contributed by atoms with van der Waals surface area (Å²) in [7, 11) is 0. The average Bonchev–Trinajstić information content (AvgIpc) is 3.04. The molecular weight excluding hydrogens is 384 g/mol. The number of fused-ring (bicyclic) bond motifs is 5. The van der Waals surface area contributed by atoms with Gasteiger partial charge in [0.15, 0.2) is 0 Å². The van der Waals surface area contributed by atoms with Crippen LogP contribution in [0.2, 0.25) is 0 Å². The van der Waals surface area contributed by atoms with Crippen LogP contribution < -0.4 is 0 Å². The highest BCUT2D eigenvalue weighted by Crippen LogP contribution is 2.71. The van der Waals surface area contributed by atoms with Crippen LogP contribution in [0.25, 0.3) is 0 Å². The summed E-state index contributed by atoms with van der Waals surface area (Å²) in [6.45, 7) is 25.5. The molecule has 0 saturated heterocycles. The summed E-state index contributed by atoms with van der Waals surface area (Å²) >= 11 is 0. The van der Waals surface area contributed by atoms with Crippen molar-refractivity contribution in [2.75, 3.05) is 0 Å². The van der Waals surface area contributed by atoms with Gasteiger partial charge in [0.2, 0.25) is 0 Å². The molecule has 32 heavy (non-hydrogen) atoms. The Hall–Kier alpha value is -0.260. The van der Waals surface area contributed by atoms with Crippen molar-refractivity contribution in [3.8, 4) is 0 Å². The van der Waals surface area contributed by atoms with Crippen molar-refractivity contribution in [1.82, 2.24) is 0 Å².